The van der Waals surface area contributed by atoms with E-state index in [1.54, 1.807) is 25.1 Å². The number of aryl methyl sites for hydroxylation is 1. The summed E-state index contributed by atoms with van der Waals surface area (Å²) in [4.78, 5) is 38.0. The number of likely N-dealkylation sites (N-methyl/N-ethyl adjacent to an activating group) is 1. The Morgan fingerprint density at radius 3 is 2.14 bits per heavy atom. The number of nitro groups is 1. The van der Waals surface area contributed by atoms with Crippen LogP contribution in [0.5, 0.6) is 0 Å². The third kappa shape index (κ3) is 6.31. The molecule has 0 fully saturated rings. The van der Waals surface area contributed by atoms with Gasteiger partial charge >= 0.3 is 0 Å². The van der Waals surface area contributed by atoms with E-state index in [0.29, 0.717) is 0 Å². The first-order valence-electron chi connectivity index (χ1n) is 11.4. The van der Waals surface area contributed by atoms with Crippen LogP contribution in [0.15, 0.2) is 83.8 Å². The highest BCUT2D eigenvalue weighted by Crippen LogP contribution is 2.26. The molecule has 2 amide bonds. The van der Waals surface area contributed by atoms with Crippen molar-refractivity contribution in [3.8, 4) is 0 Å². The third-order valence-electron chi connectivity index (χ3n) is 5.97. The monoisotopic (exact) mass is 524 g/mol. The van der Waals surface area contributed by atoms with Crippen molar-refractivity contribution in [2.45, 2.75) is 31.3 Å². The van der Waals surface area contributed by atoms with E-state index in [1.165, 1.54) is 48.3 Å². The van der Waals surface area contributed by atoms with Crippen LogP contribution in [0, 0.1) is 17.0 Å². The second-order valence-electron chi connectivity index (χ2n) is 8.34. The van der Waals surface area contributed by atoms with Gasteiger partial charge in [-0.25, -0.2) is 8.42 Å². The molecule has 0 aromatic heterocycles. The van der Waals surface area contributed by atoms with Crippen molar-refractivity contribution in [1.82, 2.24) is 10.2 Å². The smallest absolute Gasteiger partial charge is 0.269 e. The van der Waals surface area contributed by atoms with Gasteiger partial charge in [-0.3, -0.25) is 24.0 Å². The zero-order valence-electron chi connectivity index (χ0n) is 20.7. The molecule has 0 radical (unpaired) electrons. The zero-order valence-corrected chi connectivity index (χ0v) is 21.5. The number of nitrogens with one attached hydrogen (secondary N) is 1. The summed E-state index contributed by atoms with van der Waals surface area (Å²) >= 11 is 0. The fraction of sp³-hybridized carbons (Fsp3) is 0.231. The van der Waals surface area contributed by atoms with Gasteiger partial charge in [0.25, 0.3) is 15.7 Å². The Labute approximate surface area is 215 Å². The molecule has 3 rings (SSSR count). The predicted molar refractivity (Wildman–Crippen MR) is 139 cm³/mol. The topological polar surface area (TPSA) is 130 Å². The number of non-ortho nitro benzene ring substituents is 1. The SMILES string of the molecule is CNC(=O)C(C)N(Cc1ccccc1C)C(=O)CN(c1ccc([N+](=O)[O-])cc1)S(=O)(=O)c1ccccc1. The molecule has 0 bridgehead atoms. The number of benzene rings is 3. The molecule has 0 spiro atoms. The minimum Gasteiger partial charge on any atom is -0.357 e. The molecule has 0 saturated heterocycles. The number of hydrogen-bond acceptors (Lipinski definition) is 6. The van der Waals surface area contributed by atoms with Crippen LogP contribution in [-0.2, 0) is 26.2 Å². The Morgan fingerprint density at radius 2 is 1.57 bits per heavy atom. The molecule has 3 aromatic carbocycles. The molecule has 37 heavy (non-hydrogen) atoms. The van der Waals surface area contributed by atoms with Gasteiger partial charge in [0.2, 0.25) is 11.8 Å². The quantitative estimate of drug-likeness (QED) is 0.320. The molecule has 194 valence electrons. The molecule has 1 N–H and O–H groups in total. The van der Waals surface area contributed by atoms with Crippen molar-refractivity contribution in [2.24, 2.45) is 0 Å². The van der Waals surface area contributed by atoms with Gasteiger partial charge in [-0.15, -0.1) is 0 Å². The van der Waals surface area contributed by atoms with Crippen LogP contribution in [0.4, 0.5) is 11.4 Å². The van der Waals surface area contributed by atoms with Crippen LogP contribution in [0.2, 0.25) is 0 Å². The summed E-state index contributed by atoms with van der Waals surface area (Å²) in [5.41, 5.74) is 1.57. The van der Waals surface area contributed by atoms with E-state index in [-0.39, 0.29) is 22.8 Å². The summed E-state index contributed by atoms with van der Waals surface area (Å²) in [6.45, 7) is 2.91. The lowest BCUT2D eigenvalue weighted by atomic mass is 10.1. The lowest BCUT2D eigenvalue weighted by molar-refractivity contribution is -0.384. The van der Waals surface area contributed by atoms with E-state index in [9.17, 15) is 28.1 Å². The maximum Gasteiger partial charge on any atom is 0.269 e. The van der Waals surface area contributed by atoms with Gasteiger partial charge < -0.3 is 10.2 Å². The minimum atomic E-state index is -4.23. The molecular formula is C26H28N4O6S. The molecular weight excluding hydrogens is 496 g/mol. The highest BCUT2D eigenvalue weighted by Gasteiger charge is 2.32. The first-order valence-corrected chi connectivity index (χ1v) is 12.9. The van der Waals surface area contributed by atoms with Gasteiger partial charge in [0.1, 0.15) is 12.6 Å². The minimum absolute atomic E-state index is 0.0500. The fourth-order valence-corrected chi connectivity index (χ4v) is 5.19. The Hall–Kier alpha value is -4.25. The summed E-state index contributed by atoms with van der Waals surface area (Å²) in [7, 11) is -2.78. The Morgan fingerprint density at radius 1 is 0.973 bits per heavy atom. The number of hydrogen-bond donors (Lipinski definition) is 1. The van der Waals surface area contributed by atoms with Crippen LogP contribution in [-0.4, -0.2) is 49.7 Å². The second kappa shape index (κ2) is 11.7. The van der Waals surface area contributed by atoms with Gasteiger partial charge in [0.15, 0.2) is 0 Å². The lowest BCUT2D eigenvalue weighted by Crippen LogP contribution is -2.50. The molecule has 0 aliphatic carbocycles. The molecule has 3 aromatic rings. The average Bonchev–Trinajstić information content (AvgIpc) is 2.90. The normalized spacial score (nSPS) is 11.9. The number of nitro benzene ring substituents is 1. The number of nitrogens with zero attached hydrogens (tertiary/aromatic N) is 3. The number of sulfonamides is 1. The van der Waals surface area contributed by atoms with Crippen LogP contribution < -0.4 is 9.62 Å². The number of amides is 2. The largest absolute Gasteiger partial charge is 0.357 e. The molecule has 0 saturated carbocycles. The third-order valence-corrected chi connectivity index (χ3v) is 7.76. The van der Waals surface area contributed by atoms with Crippen LogP contribution in [0.25, 0.3) is 0 Å². The summed E-state index contributed by atoms with van der Waals surface area (Å²) in [6, 6.07) is 19.0. The molecule has 0 aliphatic rings. The zero-order chi connectivity index (χ0) is 27.2. The van der Waals surface area contributed by atoms with E-state index < -0.39 is 39.3 Å². The standard InChI is InChI=1S/C26H28N4O6S/c1-19-9-7-8-10-21(19)17-28(20(2)26(32)27-3)25(31)18-29(22-13-15-23(16-14-22)30(33)34)37(35,36)24-11-5-4-6-12-24/h4-16,20H,17-18H2,1-3H3,(H,27,32). The van der Waals surface area contributed by atoms with Crippen molar-refractivity contribution in [3.05, 3.63) is 100 Å². The maximum atomic E-state index is 13.7. The summed E-state index contributed by atoms with van der Waals surface area (Å²) < 4.78 is 28.1. The first kappa shape index (κ1) is 27.3. The molecule has 10 nitrogen and oxygen atoms in total. The highest BCUT2D eigenvalue weighted by molar-refractivity contribution is 7.92. The van der Waals surface area contributed by atoms with Gasteiger partial charge in [0.05, 0.1) is 15.5 Å². The van der Waals surface area contributed by atoms with E-state index >= 15 is 0 Å². The maximum absolute atomic E-state index is 13.7. The van der Waals surface area contributed by atoms with Gasteiger partial charge in [-0.2, -0.15) is 0 Å². The molecule has 1 unspecified atom stereocenters. The molecule has 11 heteroatoms. The molecule has 0 heterocycles. The fourth-order valence-electron chi connectivity index (χ4n) is 3.75. The van der Waals surface area contributed by atoms with Crippen molar-refractivity contribution in [3.63, 3.8) is 0 Å². The second-order valence-corrected chi connectivity index (χ2v) is 10.2. The Kier molecular flexibility index (Phi) is 8.61. The van der Waals surface area contributed by atoms with E-state index in [0.717, 1.165) is 15.4 Å². The summed E-state index contributed by atoms with van der Waals surface area (Å²) in [5, 5.41) is 13.6. The van der Waals surface area contributed by atoms with Crippen molar-refractivity contribution in [2.75, 3.05) is 17.9 Å². The van der Waals surface area contributed by atoms with Crippen LogP contribution in [0.1, 0.15) is 18.1 Å². The van der Waals surface area contributed by atoms with Gasteiger partial charge in [0, 0.05) is 25.7 Å². The Balaban J connectivity index is 2.05. The predicted octanol–water partition coefficient (Wildman–Crippen LogP) is 3.26. The van der Waals surface area contributed by atoms with E-state index in [4.69, 9.17) is 0 Å². The number of carbonyl (C=O) groups is 2. The van der Waals surface area contributed by atoms with Gasteiger partial charge in [-0.1, -0.05) is 42.5 Å². The lowest BCUT2D eigenvalue weighted by Gasteiger charge is -2.32. The van der Waals surface area contributed by atoms with Crippen LogP contribution in [0.3, 0.4) is 0 Å². The highest BCUT2D eigenvalue weighted by atomic mass is 32.2. The van der Waals surface area contributed by atoms with Crippen molar-refractivity contribution < 1.29 is 22.9 Å². The number of carbonyl (C=O) groups excluding carboxylic acids is 2. The van der Waals surface area contributed by atoms with E-state index in [2.05, 4.69) is 5.32 Å². The number of anilines is 1. The van der Waals surface area contributed by atoms with Crippen molar-refractivity contribution in [1.29, 1.82) is 0 Å². The number of rotatable bonds is 10. The Bertz CT molecular complexity index is 1380. The summed E-state index contributed by atoms with van der Waals surface area (Å²) in [6.07, 6.45) is 0. The van der Waals surface area contributed by atoms with Crippen LogP contribution >= 0.6 is 0 Å². The molecule has 0 aliphatic heterocycles. The summed E-state index contributed by atoms with van der Waals surface area (Å²) in [5.74, 6) is -1.02. The molecule has 1 atom stereocenters. The van der Waals surface area contributed by atoms with Gasteiger partial charge in [-0.05, 0) is 49.2 Å². The van der Waals surface area contributed by atoms with E-state index in [1.807, 2.05) is 31.2 Å². The first-order chi connectivity index (χ1) is 17.6. The van der Waals surface area contributed by atoms with Crippen molar-refractivity contribution >= 4 is 33.2 Å². The average molecular weight is 525 g/mol.